The standard InChI is InChI=1S/C24H24N6/c1-17-20(16-30(28-17)22-5-3-2-4-6-22)15-29-12-11-23-19(14-29)13-26-24(27-23)18-7-9-21(25)10-8-18/h2-10,13,16H,11-12,14-15,25H2,1H3. The highest BCUT2D eigenvalue weighted by atomic mass is 15.3. The Morgan fingerprint density at radius 2 is 1.83 bits per heavy atom. The highest BCUT2D eigenvalue weighted by Crippen LogP contribution is 2.23. The Morgan fingerprint density at radius 3 is 2.63 bits per heavy atom. The summed E-state index contributed by atoms with van der Waals surface area (Å²) < 4.78 is 1.96. The van der Waals surface area contributed by atoms with Crippen LogP contribution in [0.2, 0.25) is 0 Å². The fraction of sp³-hybridized carbons (Fsp3) is 0.208. The summed E-state index contributed by atoms with van der Waals surface area (Å²) in [7, 11) is 0. The second-order valence-corrected chi connectivity index (χ2v) is 7.77. The van der Waals surface area contributed by atoms with Crippen LogP contribution in [0.4, 0.5) is 5.69 Å². The third kappa shape index (κ3) is 3.69. The number of para-hydroxylation sites is 1. The predicted molar refractivity (Wildman–Crippen MR) is 118 cm³/mol. The van der Waals surface area contributed by atoms with Crippen molar-refractivity contribution in [2.24, 2.45) is 0 Å². The van der Waals surface area contributed by atoms with Gasteiger partial charge in [-0.2, -0.15) is 5.10 Å². The molecule has 6 heteroatoms. The normalized spacial score (nSPS) is 13.9. The lowest BCUT2D eigenvalue weighted by Crippen LogP contribution is -2.31. The first-order chi connectivity index (χ1) is 14.7. The summed E-state index contributed by atoms with van der Waals surface area (Å²) in [5.74, 6) is 0.766. The molecule has 0 amide bonds. The number of benzene rings is 2. The molecule has 0 saturated carbocycles. The number of rotatable bonds is 4. The van der Waals surface area contributed by atoms with Crippen molar-refractivity contribution in [3.63, 3.8) is 0 Å². The van der Waals surface area contributed by atoms with Crippen LogP contribution in [-0.4, -0.2) is 31.2 Å². The second-order valence-electron chi connectivity index (χ2n) is 7.77. The van der Waals surface area contributed by atoms with Gasteiger partial charge >= 0.3 is 0 Å². The van der Waals surface area contributed by atoms with E-state index in [9.17, 15) is 0 Å². The molecule has 2 aromatic carbocycles. The third-order valence-corrected chi connectivity index (χ3v) is 5.60. The minimum absolute atomic E-state index is 0.748. The molecule has 30 heavy (non-hydrogen) atoms. The smallest absolute Gasteiger partial charge is 0.159 e. The molecule has 2 aromatic heterocycles. The molecule has 0 unspecified atom stereocenters. The molecule has 5 rings (SSSR count). The van der Waals surface area contributed by atoms with Crippen molar-refractivity contribution in [3.8, 4) is 17.1 Å². The largest absolute Gasteiger partial charge is 0.399 e. The minimum atomic E-state index is 0.748. The molecule has 0 bridgehead atoms. The van der Waals surface area contributed by atoms with Crippen LogP contribution in [0.15, 0.2) is 67.0 Å². The Hall–Kier alpha value is -3.51. The van der Waals surface area contributed by atoms with E-state index in [2.05, 4.69) is 35.1 Å². The maximum Gasteiger partial charge on any atom is 0.159 e. The number of nitrogen functional groups attached to an aromatic ring is 1. The molecule has 0 atom stereocenters. The zero-order valence-corrected chi connectivity index (χ0v) is 17.0. The van der Waals surface area contributed by atoms with Gasteiger partial charge in [0.15, 0.2) is 5.82 Å². The lowest BCUT2D eigenvalue weighted by atomic mass is 10.1. The van der Waals surface area contributed by atoms with Gasteiger partial charge in [-0.1, -0.05) is 18.2 Å². The minimum Gasteiger partial charge on any atom is -0.399 e. The Kier molecular flexibility index (Phi) is 4.77. The molecule has 1 aliphatic rings. The van der Waals surface area contributed by atoms with Crippen molar-refractivity contribution < 1.29 is 0 Å². The van der Waals surface area contributed by atoms with Crippen LogP contribution < -0.4 is 5.73 Å². The number of nitrogens with two attached hydrogens (primary N) is 1. The van der Waals surface area contributed by atoms with E-state index in [-0.39, 0.29) is 0 Å². The zero-order valence-electron chi connectivity index (χ0n) is 17.0. The van der Waals surface area contributed by atoms with Gasteiger partial charge in [0.2, 0.25) is 0 Å². The van der Waals surface area contributed by atoms with E-state index >= 15 is 0 Å². The van der Waals surface area contributed by atoms with Crippen LogP contribution in [0.3, 0.4) is 0 Å². The van der Waals surface area contributed by atoms with Gasteiger partial charge in [0.05, 0.1) is 17.1 Å². The van der Waals surface area contributed by atoms with Crippen molar-refractivity contribution in [1.29, 1.82) is 0 Å². The van der Waals surface area contributed by atoms with Crippen molar-refractivity contribution in [3.05, 3.63) is 89.5 Å². The SMILES string of the molecule is Cc1nn(-c2ccccc2)cc1CN1CCc2nc(-c3ccc(N)cc3)ncc2C1. The van der Waals surface area contributed by atoms with Crippen LogP contribution in [0.1, 0.15) is 22.5 Å². The summed E-state index contributed by atoms with van der Waals surface area (Å²) in [5, 5.41) is 4.70. The van der Waals surface area contributed by atoms with Crippen LogP contribution >= 0.6 is 0 Å². The number of aryl methyl sites for hydroxylation is 1. The first-order valence-electron chi connectivity index (χ1n) is 10.2. The average Bonchev–Trinajstić information content (AvgIpc) is 3.15. The third-order valence-electron chi connectivity index (χ3n) is 5.60. The van der Waals surface area contributed by atoms with E-state index in [0.717, 1.165) is 60.2 Å². The Morgan fingerprint density at radius 1 is 1.03 bits per heavy atom. The first kappa shape index (κ1) is 18.5. The first-order valence-corrected chi connectivity index (χ1v) is 10.2. The summed E-state index contributed by atoms with van der Waals surface area (Å²) in [6.45, 7) is 4.78. The van der Waals surface area contributed by atoms with Gasteiger partial charge in [0.1, 0.15) is 0 Å². The number of fused-ring (bicyclic) bond motifs is 1. The van der Waals surface area contributed by atoms with Crippen LogP contribution in [0, 0.1) is 6.92 Å². The summed E-state index contributed by atoms with van der Waals surface area (Å²) in [6.07, 6.45) is 5.03. The van der Waals surface area contributed by atoms with Gasteiger partial charge in [-0.25, -0.2) is 14.6 Å². The van der Waals surface area contributed by atoms with Gasteiger partial charge in [-0.15, -0.1) is 0 Å². The fourth-order valence-corrected chi connectivity index (χ4v) is 3.89. The van der Waals surface area contributed by atoms with Crippen molar-refractivity contribution >= 4 is 5.69 Å². The maximum absolute atomic E-state index is 5.79. The highest BCUT2D eigenvalue weighted by Gasteiger charge is 2.20. The van der Waals surface area contributed by atoms with E-state index in [1.807, 2.05) is 53.3 Å². The lowest BCUT2D eigenvalue weighted by Gasteiger charge is -2.27. The zero-order chi connectivity index (χ0) is 20.5. The molecule has 3 heterocycles. The van der Waals surface area contributed by atoms with E-state index in [0.29, 0.717) is 0 Å². The van der Waals surface area contributed by atoms with Crippen molar-refractivity contribution in [2.75, 3.05) is 12.3 Å². The molecular formula is C24H24N6. The molecule has 1 aliphatic heterocycles. The lowest BCUT2D eigenvalue weighted by molar-refractivity contribution is 0.242. The highest BCUT2D eigenvalue weighted by molar-refractivity contribution is 5.58. The summed E-state index contributed by atoms with van der Waals surface area (Å²) in [4.78, 5) is 11.9. The van der Waals surface area contributed by atoms with E-state index in [4.69, 9.17) is 15.8 Å². The van der Waals surface area contributed by atoms with Gasteiger partial charge in [-0.3, -0.25) is 4.90 Å². The maximum atomic E-state index is 5.79. The van der Waals surface area contributed by atoms with Crippen LogP contribution in [0.25, 0.3) is 17.1 Å². The molecule has 6 nitrogen and oxygen atoms in total. The quantitative estimate of drug-likeness (QED) is 0.532. The molecule has 150 valence electrons. The monoisotopic (exact) mass is 396 g/mol. The molecule has 0 aliphatic carbocycles. The Bertz CT molecular complexity index is 1160. The Labute approximate surface area is 176 Å². The van der Waals surface area contributed by atoms with E-state index < -0.39 is 0 Å². The molecule has 2 N–H and O–H groups in total. The summed E-state index contributed by atoms with van der Waals surface area (Å²) >= 11 is 0. The summed E-state index contributed by atoms with van der Waals surface area (Å²) in [6, 6.07) is 18.0. The summed E-state index contributed by atoms with van der Waals surface area (Å²) in [5.41, 5.74) is 13.3. The van der Waals surface area contributed by atoms with Crippen LogP contribution in [0.5, 0.6) is 0 Å². The Balaban J connectivity index is 1.32. The van der Waals surface area contributed by atoms with Gasteiger partial charge < -0.3 is 5.73 Å². The number of anilines is 1. The average molecular weight is 396 g/mol. The molecule has 0 spiro atoms. The topological polar surface area (TPSA) is 72.9 Å². The van der Waals surface area contributed by atoms with Gasteiger partial charge in [0.25, 0.3) is 0 Å². The van der Waals surface area contributed by atoms with Crippen molar-refractivity contribution in [1.82, 2.24) is 24.6 Å². The molecule has 4 aromatic rings. The number of hydrogen-bond acceptors (Lipinski definition) is 5. The van der Waals surface area contributed by atoms with Crippen LogP contribution in [-0.2, 0) is 19.5 Å². The predicted octanol–water partition coefficient (Wildman–Crippen LogP) is 3.78. The number of hydrogen-bond donors (Lipinski definition) is 1. The van der Waals surface area contributed by atoms with E-state index in [1.165, 1.54) is 11.1 Å². The number of nitrogens with zero attached hydrogens (tertiary/aromatic N) is 5. The van der Waals surface area contributed by atoms with E-state index in [1.54, 1.807) is 0 Å². The van der Waals surface area contributed by atoms with Gasteiger partial charge in [0, 0.05) is 60.8 Å². The molecule has 0 radical (unpaired) electrons. The molecule has 0 fully saturated rings. The van der Waals surface area contributed by atoms with Crippen molar-refractivity contribution in [2.45, 2.75) is 26.4 Å². The molecular weight excluding hydrogens is 372 g/mol. The van der Waals surface area contributed by atoms with Gasteiger partial charge in [-0.05, 0) is 43.3 Å². The number of aromatic nitrogens is 4. The molecule has 0 saturated heterocycles. The second kappa shape index (κ2) is 7.72. The fourth-order valence-electron chi connectivity index (χ4n) is 3.89.